The Kier molecular flexibility index (Phi) is 4.59. The molecule has 0 N–H and O–H groups in total. The lowest BCUT2D eigenvalue weighted by Crippen LogP contribution is -2.26. The summed E-state index contributed by atoms with van der Waals surface area (Å²) in [6, 6.07) is 10.00. The summed E-state index contributed by atoms with van der Waals surface area (Å²) in [5, 5.41) is 3.98. The van der Waals surface area contributed by atoms with Crippen LogP contribution in [0.4, 0.5) is 0 Å². The molecule has 0 aliphatic rings. The normalized spacial score (nSPS) is 11.7. The van der Waals surface area contributed by atoms with Crippen molar-refractivity contribution in [2.24, 2.45) is 5.10 Å². The number of aryl methyl sites for hydroxylation is 1. The molecular weight excluding hydrogens is 288 g/mol. The second-order valence-corrected chi connectivity index (χ2v) is 6.21. The van der Waals surface area contributed by atoms with Crippen molar-refractivity contribution in [3.05, 3.63) is 66.6 Å². The molecule has 0 spiro atoms. The zero-order chi connectivity index (χ0) is 15.3. The monoisotopic (exact) mass is 304 g/mol. The molecule has 6 heteroatoms. The van der Waals surface area contributed by atoms with E-state index in [1.54, 1.807) is 36.4 Å². The summed E-state index contributed by atoms with van der Waals surface area (Å²) in [6.45, 7) is 5.54. The van der Waals surface area contributed by atoms with Crippen molar-refractivity contribution in [1.82, 2.24) is 4.41 Å². The summed E-state index contributed by atoms with van der Waals surface area (Å²) in [4.78, 5) is 0.187. The van der Waals surface area contributed by atoms with Gasteiger partial charge in [0.15, 0.2) is 0 Å². The van der Waals surface area contributed by atoms with Crippen LogP contribution in [-0.4, -0.2) is 25.6 Å². The van der Waals surface area contributed by atoms with Crippen molar-refractivity contribution in [2.75, 3.05) is 6.54 Å². The number of hydrazone groups is 1. The molecule has 0 fully saturated rings. The molecule has 2 rings (SSSR count). The lowest BCUT2D eigenvalue weighted by molar-refractivity contribution is 0.462. The second-order valence-electron chi connectivity index (χ2n) is 4.37. The smallest absolute Gasteiger partial charge is 0.279 e. The van der Waals surface area contributed by atoms with Crippen LogP contribution in [0.5, 0.6) is 0 Å². The molecule has 0 atom stereocenters. The largest absolute Gasteiger partial charge is 0.463 e. The van der Waals surface area contributed by atoms with Crippen LogP contribution in [0.3, 0.4) is 0 Å². The first kappa shape index (κ1) is 15.1. The highest BCUT2D eigenvalue weighted by atomic mass is 32.2. The van der Waals surface area contributed by atoms with Crippen molar-refractivity contribution in [3.8, 4) is 0 Å². The number of sulfonamides is 1. The molecular formula is C15H16N2O3S. The van der Waals surface area contributed by atoms with Gasteiger partial charge in [-0.2, -0.15) is 17.9 Å². The highest BCUT2D eigenvalue weighted by Gasteiger charge is 2.21. The molecule has 110 valence electrons. The third kappa shape index (κ3) is 3.61. The fourth-order valence-corrected chi connectivity index (χ4v) is 2.83. The van der Waals surface area contributed by atoms with Gasteiger partial charge in [0.2, 0.25) is 0 Å². The number of furan rings is 1. The molecule has 0 aliphatic carbocycles. The lowest BCUT2D eigenvalue weighted by atomic mass is 10.2. The fourth-order valence-electron chi connectivity index (χ4n) is 1.64. The standard InChI is InChI=1S/C15H16N2O3S/c1-3-10-17(16-12-14-5-4-11-20-14)21(18,19)15-8-6-13(2)7-9-15/h3-9,11-12H,1,10H2,2H3/b16-12+. The second kappa shape index (κ2) is 6.41. The van der Waals surface area contributed by atoms with E-state index in [1.165, 1.54) is 18.6 Å². The first-order chi connectivity index (χ1) is 10.0. The van der Waals surface area contributed by atoms with Crippen LogP contribution in [0.15, 0.2) is 69.7 Å². The Balaban J connectivity index is 2.32. The van der Waals surface area contributed by atoms with Gasteiger partial charge in [0.25, 0.3) is 10.0 Å². The minimum atomic E-state index is -3.71. The number of hydrogen-bond donors (Lipinski definition) is 0. The predicted molar refractivity (Wildman–Crippen MR) is 81.6 cm³/mol. The Hall–Kier alpha value is -2.34. The van der Waals surface area contributed by atoms with E-state index in [2.05, 4.69) is 11.7 Å². The summed E-state index contributed by atoms with van der Waals surface area (Å²) in [6.07, 6.45) is 4.33. The van der Waals surface area contributed by atoms with Crippen LogP contribution in [0, 0.1) is 6.92 Å². The van der Waals surface area contributed by atoms with Gasteiger partial charge in [-0.15, -0.1) is 6.58 Å². The van der Waals surface area contributed by atoms with Gasteiger partial charge >= 0.3 is 0 Å². The molecule has 0 bridgehead atoms. The van der Waals surface area contributed by atoms with Gasteiger partial charge in [-0.1, -0.05) is 23.8 Å². The van der Waals surface area contributed by atoms with Gasteiger partial charge in [0, 0.05) is 0 Å². The molecule has 1 aromatic carbocycles. The van der Waals surface area contributed by atoms with Gasteiger partial charge in [0.1, 0.15) is 5.76 Å². The van der Waals surface area contributed by atoms with E-state index >= 15 is 0 Å². The zero-order valence-corrected chi connectivity index (χ0v) is 12.5. The predicted octanol–water partition coefficient (Wildman–Crippen LogP) is 2.80. The molecule has 0 saturated heterocycles. The lowest BCUT2D eigenvalue weighted by Gasteiger charge is -2.17. The Morgan fingerprint density at radius 3 is 2.57 bits per heavy atom. The molecule has 1 heterocycles. The van der Waals surface area contributed by atoms with E-state index in [9.17, 15) is 8.42 Å². The average molecular weight is 304 g/mol. The Morgan fingerprint density at radius 2 is 2.00 bits per heavy atom. The number of nitrogens with zero attached hydrogens (tertiary/aromatic N) is 2. The van der Waals surface area contributed by atoms with Crippen molar-refractivity contribution < 1.29 is 12.8 Å². The first-order valence-corrected chi connectivity index (χ1v) is 7.76. The fraction of sp³-hybridized carbons (Fsp3) is 0.133. The molecule has 5 nitrogen and oxygen atoms in total. The molecule has 0 saturated carbocycles. The summed E-state index contributed by atoms with van der Waals surface area (Å²) >= 11 is 0. The number of hydrogen-bond acceptors (Lipinski definition) is 4. The highest BCUT2D eigenvalue weighted by molar-refractivity contribution is 7.89. The molecule has 1 aromatic heterocycles. The maximum atomic E-state index is 12.5. The van der Waals surface area contributed by atoms with Crippen LogP contribution >= 0.6 is 0 Å². The molecule has 21 heavy (non-hydrogen) atoms. The van der Waals surface area contributed by atoms with E-state index in [0.717, 1.165) is 9.98 Å². The van der Waals surface area contributed by atoms with Gasteiger partial charge < -0.3 is 4.42 Å². The maximum Gasteiger partial charge on any atom is 0.279 e. The Morgan fingerprint density at radius 1 is 1.29 bits per heavy atom. The van der Waals surface area contributed by atoms with Crippen molar-refractivity contribution in [1.29, 1.82) is 0 Å². The Labute approximate surface area is 124 Å². The van der Waals surface area contributed by atoms with E-state index in [0.29, 0.717) is 5.76 Å². The average Bonchev–Trinajstić information content (AvgIpc) is 2.97. The van der Waals surface area contributed by atoms with Gasteiger partial charge in [-0.25, -0.2) is 0 Å². The SMILES string of the molecule is C=CCN(/N=C/c1ccco1)S(=O)(=O)c1ccc(C)cc1. The number of benzene rings is 1. The van der Waals surface area contributed by atoms with E-state index in [4.69, 9.17) is 4.42 Å². The van der Waals surface area contributed by atoms with E-state index in [-0.39, 0.29) is 11.4 Å². The minimum absolute atomic E-state index is 0.0768. The third-order valence-corrected chi connectivity index (χ3v) is 4.40. The zero-order valence-electron chi connectivity index (χ0n) is 11.6. The van der Waals surface area contributed by atoms with Crippen LogP contribution in [0.2, 0.25) is 0 Å². The summed E-state index contributed by atoms with van der Waals surface area (Å²) in [5.41, 5.74) is 0.989. The van der Waals surface area contributed by atoms with Crippen molar-refractivity contribution >= 4 is 16.2 Å². The molecule has 0 aliphatic heterocycles. The van der Waals surface area contributed by atoms with Gasteiger partial charge in [-0.3, -0.25) is 0 Å². The quantitative estimate of drug-likeness (QED) is 0.468. The van der Waals surface area contributed by atoms with Gasteiger partial charge in [0.05, 0.1) is 23.9 Å². The molecule has 0 amide bonds. The summed E-state index contributed by atoms with van der Waals surface area (Å²) in [5.74, 6) is 0.475. The van der Waals surface area contributed by atoms with Crippen LogP contribution in [-0.2, 0) is 10.0 Å². The molecule has 0 radical (unpaired) electrons. The maximum absolute atomic E-state index is 12.5. The minimum Gasteiger partial charge on any atom is -0.463 e. The van der Waals surface area contributed by atoms with Crippen molar-refractivity contribution in [3.63, 3.8) is 0 Å². The Bertz CT molecular complexity index is 717. The van der Waals surface area contributed by atoms with Crippen LogP contribution in [0.1, 0.15) is 11.3 Å². The van der Waals surface area contributed by atoms with E-state index < -0.39 is 10.0 Å². The summed E-state index contributed by atoms with van der Waals surface area (Å²) in [7, 11) is -3.71. The molecule has 0 unspecified atom stereocenters. The topological polar surface area (TPSA) is 62.9 Å². The van der Waals surface area contributed by atoms with Gasteiger partial charge in [-0.05, 0) is 31.2 Å². The highest BCUT2D eigenvalue weighted by Crippen LogP contribution is 2.16. The van der Waals surface area contributed by atoms with Crippen LogP contribution in [0.25, 0.3) is 0 Å². The number of rotatable bonds is 6. The third-order valence-electron chi connectivity index (χ3n) is 2.74. The van der Waals surface area contributed by atoms with Crippen LogP contribution < -0.4 is 0 Å². The van der Waals surface area contributed by atoms with E-state index in [1.807, 2.05) is 6.92 Å². The summed E-state index contributed by atoms with van der Waals surface area (Å²) < 4.78 is 31.1. The van der Waals surface area contributed by atoms with Crippen molar-refractivity contribution in [2.45, 2.75) is 11.8 Å². The molecule has 2 aromatic rings. The first-order valence-electron chi connectivity index (χ1n) is 6.32.